The number of fused-ring (bicyclic) bond motifs is 2. The number of hydrogen-bond donors (Lipinski definition) is 0. The van der Waals surface area contributed by atoms with E-state index in [1.54, 1.807) is 12.4 Å². The minimum Gasteiger partial charge on any atom is -0.350 e. The molecular weight excluding hydrogens is 358 g/mol. The van der Waals surface area contributed by atoms with E-state index in [4.69, 9.17) is 0 Å². The third-order valence-electron chi connectivity index (χ3n) is 4.54. The summed E-state index contributed by atoms with van der Waals surface area (Å²) >= 11 is 1.32. The molecule has 0 bridgehead atoms. The summed E-state index contributed by atoms with van der Waals surface area (Å²) in [5.74, 6) is -0.334. The van der Waals surface area contributed by atoms with Gasteiger partial charge in [-0.1, -0.05) is 11.3 Å². The maximum Gasteiger partial charge on any atom is 0.186 e. The van der Waals surface area contributed by atoms with Crippen molar-refractivity contribution in [2.75, 3.05) is 36.0 Å². The van der Waals surface area contributed by atoms with Crippen LogP contribution in [0.1, 0.15) is 0 Å². The van der Waals surface area contributed by atoms with E-state index in [0.717, 1.165) is 48.8 Å². The molecule has 26 heavy (non-hydrogen) atoms. The normalized spacial score (nSPS) is 15.3. The molecule has 0 atom stereocenters. The molecule has 1 aliphatic heterocycles. The SMILES string of the molecule is Fc1cc(F)c2nc(N3CCN(c4nccn5ccnc45)CC3)sc2c1. The Labute approximate surface area is 151 Å². The van der Waals surface area contributed by atoms with Crippen molar-refractivity contribution in [3.05, 3.63) is 48.6 Å². The van der Waals surface area contributed by atoms with E-state index in [-0.39, 0.29) is 5.52 Å². The van der Waals surface area contributed by atoms with E-state index in [0.29, 0.717) is 4.70 Å². The van der Waals surface area contributed by atoms with Crippen LogP contribution in [0.3, 0.4) is 0 Å². The third-order valence-corrected chi connectivity index (χ3v) is 5.61. The molecule has 1 aromatic carbocycles. The fraction of sp³-hybridized carbons (Fsp3) is 0.235. The topological polar surface area (TPSA) is 49.6 Å². The number of benzene rings is 1. The van der Waals surface area contributed by atoms with Crippen LogP contribution in [0.15, 0.2) is 36.9 Å². The largest absolute Gasteiger partial charge is 0.350 e. The first kappa shape index (κ1) is 15.4. The number of piperazine rings is 1. The molecule has 0 aliphatic carbocycles. The average Bonchev–Trinajstić information content (AvgIpc) is 3.28. The highest BCUT2D eigenvalue weighted by Gasteiger charge is 2.23. The lowest BCUT2D eigenvalue weighted by molar-refractivity contribution is 0.591. The molecule has 0 unspecified atom stereocenters. The maximum atomic E-state index is 13.9. The van der Waals surface area contributed by atoms with Crippen LogP contribution in [0, 0.1) is 11.6 Å². The Morgan fingerprint density at radius 1 is 0.923 bits per heavy atom. The quantitative estimate of drug-likeness (QED) is 0.542. The molecule has 132 valence electrons. The van der Waals surface area contributed by atoms with Gasteiger partial charge in [-0.2, -0.15) is 0 Å². The number of hydrogen-bond acceptors (Lipinski definition) is 6. The summed E-state index contributed by atoms with van der Waals surface area (Å²) in [6.45, 7) is 2.97. The molecule has 4 aromatic rings. The summed E-state index contributed by atoms with van der Waals surface area (Å²) < 4.78 is 29.8. The van der Waals surface area contributed by atoms with Gasteiger partial charge in [-0.05, 0) is 6.07 Å². The third kappa shape index (κ3) is 2.47. The van der Waals surface area contributed by atoms with Gasteiger partial charge in [-0.3, -0.25) is 0 Å². The number of imidazole rings is 1. The van der Waals surface area contributed by atoms with E-state index in [2.05, 4.69) is 24.8 Å². The van der Waals surface area contributed by atoms with E-state index >= 15 is 0 Å². The van der Waals surface area contributed by atoms with Gasteiger partial charge in [-0.15, -0.1) is 0 Å². The molecule has 3 aromatic heterocycles. The van der Waals surface area contributed by atoms with Gasteiger partial charge in [-0.25, -0.2) is 23.7 Å². The first-order chi connectivity index (χ1) is 12.7. The minimum atomic E-state index is -0.615. The summed E-state index contributed by atoms with van der Waals surface area (Å²) in [6.07, 6.45) is 7.29. The molecule has 9 heteroatoms. The summed E-state index contributed by atoms with van der Waals surface area (Å²) in [5, 5.41) is 0.719. The zero-order valence-electron chi connectivity index (χ0n) is 13.6. The van der Waals surface area contributed by atoms with Gasteiger partial charge in [0.1, 0.15) is 11.3 Å². The van der Waals surface area contributed by atoms with Crippen LogP contribution in [0.25, 0.3) is 15.9 Å². The number of thiazole rings is 1. The van der Waals surface area contributed by atoms with E-state index < -0.39 is 11.6 Å². The lowest BCUT2D eigenvalue weighted by Crippen LogP contribution is -2.47. The van der Waals surface area contributed by atoms with Gasteiger partial charge in [0.05, 0.1) is 4.70 Å². The van der Waals surface area contributed by atoms with E-state index in [1.165, 1.54) is 17.4 Å². The van der Waals surface area contributed by atoms with Crippen LogP contribution in [0.5, 0.6) is 0 Å². The van der Waals surface area contributed by atoms with Gasteiger partial charge in [0, 0.05) is 57.0 Å². The van der Waals surface area contributed by atoms with Crippen LogP contribution in [0.2, 0.25) is 0 Å². The lowest BCUT2D eigenvalue weighted by Gasteiger charge is -2.35. The van der Waals surface area contributed by atoms with Crippen LogP contribution >= 0.6 is 11.3 Å². The minimum absolute atomic E-state index is 0.234. The van der Waals surface area contributed by atoms with Crippen LogP contribution in [-0.4, -0.2) is 45.5 Å². The Morgan fingerprint density at radius 3 is 2.46 bits per heavy atom. The second-order valence-corrected chi connectivity index (χ2v) is 7.12. The van der Waals surface area contributed by atoms with E-state index in [9.17, 15) is 8.78 Å². The molecule has 1 aliphatic rings. The van der Waals surface area contributed by atoms with Gasteiger partial charge in [0.2, 0.25) is 0 Å². The maximum absolute atomic E-state index is 13.9. The van der Waals surface area contributed by atoms with Crippen molar-refractivity contribution >= 4 is 38.2 Å². The zero-order chi connectivity index (χ0) is 17.7. The smallest absolute Gasteiger partial charge is 0.186 e. The summed E-state index contributed by atoms with van der Waals surface area (Å²) in [6, 6.07) is 2.21. The molecule has 6 nitrogen and oxygen atoms in total. The summed E-state index contributed by atoms with van der Waals surface area (Å²) in [4.78, 5) is 17.5. The van der Waals surface area contributed by atoms with Crippen molar-refractivity contribution in [3.63, 3.8) is 0 Å². The Bertz CT molecular complexity index is 1100. The number of anilines is 2. The predicted octanol–water partition coefficient (Wildman–Crippen LogP) is 2.94. The Morgan fingerprint density at radius 2 is 1.65 bits per heavy atom. The number of rotatable bonds is 2. The monoisotopic (exact) mass is 372 g/mol. The van der Waals surface area contributed by atoms with Gasteiger partial charge >= 0.3 is 0 Å². The fourth-order valence-corrected chi connectivity index (χ4v) is 4.31. The highest BCUT2D eigenvalue weighted by atomic mass is 32.1. The fourth-order valence-electron chi connectivity index (χ4n) is 3.25. The standard InChI is InChI=1S/C17H14F2N6S/c18-11-9-12(19)14-13(10-11)26-17(22-14)25-7-5-24(6-8-25)16-15-20-1-3-23(15)4-2-21-16/h1-4,9-10H,5-8H2. The second kappa shape index (κ2) is 5.87. The molecule has 5 rings (SSSR count). The molecule has 0 N–H and O–H groups in total. The highest BCUT2D eigenvalue weighted by molar-refractivity contribution is 7.22. The molecule has 4 heterocycles. The van der Waals surface area contributed by atoms with Gasteiger partial charge in [0.25, 0.3) is 0 Å². The highest BCUT2D eigenvalue weighted by Crippen LogP contribution is 2.32. The number of aromatic nitrogens is 4. The first-order valence-corrected chi connectivity index (χ1v) is 9.04. The lowest BCUT2D eigenvalue weighted by atomic mass is 10.3. The Hall–Kier alpha value is -2.81. The van der Waals surface area contributed by atoms with Crippen LogP contribution in [-0.2, 0) is 0 Å². The summed E-state index contributed by atoms with van der Waals surface area (Å²) in [5.41, 5.74) is 1.07. The number of halogens is 2. The van der Waals surface area contributed by atoms with Crippen molar-refractivity contribution in [3.8, 4) is 0 Å². The molecule has 1 saturated heterocycles. The second-order valence-electron chi connectivity index (χ2n) is 6.11. The molecule has 0 amide bonds. The summed E-state index contributed by atoms with van der Waals surface area (Å²) in [7, 11) is 0. The average molecular weight is 372 g/mol. The molecule has 0 spiro atoms. The first-order valence-electron chi connectivity index (χ1n) is 8.22. The van der Waals surface area contributed by atoms with Crippen molar-refractivity contribution in [2.24, 2.45) is 0 Å². The number of nitrogens with zero attached hydrogens (tertiary/aromatic N) is 6. The molecule has 0 saturated carbocycles. The van der Waals surface area contributed by atoms with Crippen molar-refractivity contribution in [2.45, 2.75) is 0 Å². The Balaban J connectivity index is 1.39. The van der Waals surface area contributed by atoms with Crippen molar-refractivity contribution < 1.29 is 8.78 Å². The van der Waals surface area contributed by atoms with Crippen LogP contribution < -0.4 is 9.80 Å². The van der Waals surface area contributed by atoms with Crippen molar-refractivity contribution in [1.82, 2.24) is 19.4 Å². The zero-order valence-corrected chi connectivity index (χ0v) is 14.5. The predicted molar refractivity (Wildman–Crippen MR) is 96.9 cm³/mol. The van der Waals surface area contributed by atoms with Crippen LogP contribution in [0.4, 0.5) is 19.7 Å². The van der Waals surface area contributed by atoms with Crippen molar-refractivity contribution in [1.29, 1.82) is 0 Å². The Kier molecular flexibility index (Phi) is 3.49. The van der Waals surface area contributed by atoms with Gasteiger partial charge < -0.3 is 14.2 Å². The van der Waals surface area contributed by atoms with Gasteiger partial charge in [0.15, 0.2) is 22.4 Å². The molecular formula is C17H14F2N6S. The molecule has 1 fully saturated rings. The van der Waals surface area contributed by atoms with E-state index in [1.807, 2.05) is 16.8 Å². The molecule has 0 radical (unpaired) electrons.